The Balaban J connectivity index is 2.79. The fraction of sp³-hybridized carbons (Fsp3) is 0.300. The SMILES string of the molecule is CC(C)=CC(N)c1ccccn1. The summed E-state index contributed by atoms with van der Waals surface area (Å²) < 4.78 is 0. The van der Waals surface area contributed by atoms with E-state index in [0.717, 1.165) is 5.69 Å². The van der Waals surface area contributed by atoms with Crippen LogP contribution in [-0.4, -0.2) is 4.98 Å². The first-order chi connectivity index (χ1) is 5.70. The van der Waals surface area contributed by atoms with Gasteiger partial charge in [-0.3, -0.25) is 4.98 Å². The van der Waals surface area contributed by atoms with Crippen LogP contribution in [0.4, 0.5) is 0 Å². The molecule has 0 aliphatic heterocycles. The van der Waals surface area contributed by atoms with Gasteiger partial charge in [0, 0.05) is 6.20 Å². The van der Waals surface area contributed by atoms with Crippen LogP contribution in [0, 0.1) is 0 Å². The molecule has 0 saturated heterocycles. The molecule has 1 rings (SSSR count). The Morgan fingerprint density at radius 2 is 2.25 bits per heavy atom. The van der Waals surface area contributed by atoms with E-state index in [4.69, 9.17) is 5.73 Å². The molecule has 2 N–H and O–H groups in total. The van der Waals surface area contributed by atoms with Crippen LogP contribution in [-0.2, 0) is 0 Å². The predicted molar refractivity (Wildman–Crippen MR) is 50.6 cm³/mol. The van der Waals surface area contributed by atoms with Crippen molar-refractivity contribution in [1.82, 2.24) is 4.98 Å². The first-order valence-corrected chi connectivity index (χ1v) is 4.01. The van der Waals surface area contributed by atoms with Gasteiger partial charge in [-0.25, -0.2) is 0 Å². The molecular formula is C10H14N2. The van der Waals surface area contributed by atoms with E-state index < -0.39 is 0 Å². The molecule has 1 unspecified atom stereocenters. The first-order valence-electron chi connectivity index (χ1n) is 4.01. The highest BCUT2D eigenvalue weighted by molar-refractivity contribution is 5.15. The molecule has 0 aliphatic rings. The average Bonchev–Trinajstić information content (AvgIpc) is 2.05. The Kier molecular flexibility index (Phi) is 3.00. The third-order valence-electron chi connectivity index (χ3n) is 1.54. The second kappa shape index (κ2) is 4.02. The van der Waals surface area contributed by atoms with E-state index >= 15 is 0 Å². The standard InChI is InChI=1S/C10H14N2/c1-8(2)7-9(11)10-5-3-4-6-12-10/h3-7,9H,11H2,1-2H3. The van der Waals surface area contributed by atoms with Crippen molar-refractivity contribution in [2.24, 2.45) is 5.73 Å². The number of nitrogens with two attached hydrogens (primary N) is 1. The molecule has 1 aromatic heterocycles. The molecule has 1 aromatic rings. The minimum atomic E-state index is -0.0730. The van der Waals surface area contributed by atoms with E-state index in [1.54, 1.807) is 6.20 Å². The largest absolute Gasteiger partial charge is 0.319 e. The summed E-state index contributed by atoms with van der Waals surface area (Å²) >= 11 is 0. The first kappa shape index (κ1) is 8.94. The number of aromatic nitrogens is 1. The molecule has 0 bridgehead atoms. The zero-order valence-corrected chi connectivity index (χ0v) is 7.49. The van der Waals surface area contributed by atoms with Crippen LogP contribution in [0.25, 0.3) is 0 Å². The summed E-state index contributed by atoms with van der Waals surface area (Å²) in [6.07, 6.45) is 3.76. The number of rotatable bonds is 2. The van der Waals surface area contributed by atoms with E-state index in [1.807, 2.05) is 38.1 Å². The zero-order chi connectivity index (χ0) is 8.97. The van der Waals surface area contributed by atoms with Crippen LogP contribution in [0.1, 0.15) is 25.6 Å². The molecule has 12 heavy (non-hydrogen) atoms. The third-order valence-corrected chi connectivity index (χ3v) is 1.54. The monoisotopic (exact) mass is 162 g/mol. The Labute approximate surface area is 73.1 Å². The molecule has 0 saturated carbocycles. The quantitative estimate of drug-likeness (QED) is 0.676. The van der Waals surface area contributed by atoms with Crippen molar-refractivity contribution in [3.05, 3.63) is 41.7 Å². The molecule has 0 amide bonds. The summed E-state index contributed by atoms with van der Waals surface area (Å²) in [6.45, 7) is 4.06. The topological polar surface area (TPSA) is 38.9 Å². The minimum absolute atomic E-state index is 0.0730. The molecule has 2 heteroatoms. The van der Waals surface area contributed by atoms with Crippen molar-refractivity contribution in [3.8, 4) is 0 Å². The van der Waals surface area contributed by atoms with Gasteiger partial charge in [0.1, 0.15) is 0 Å². The van der Waals surface area contributed by atoms with E-state index in [-0.39, 0.29) is 6.04 Å². The van der Waals surface area contributed by atoms with Crippen LogP contribution in [0.2, 0.25) is 0 Å². The lowest BCUT2D eigenvalue weighted by atomic mass is 10.1. The summed E-state index contributed by atoms with van der Waals surface area (Å²) in [7, 11) is 0. The number of pyridine rings is 1. The highest BCUT2D eigenvalue weighted by atomic mass is 14.8. The van der Waals surface area contributed by atoms with E-state index in [9.17, 15) is 0 Å². The molecule has 0 fully saturated rings. The molecule has 64 valence electrons. The molecule has 1 atom stereocenters. The van der Waals surface area contributed by atoms with Crippen LogP contribution in [0.15, 0.2) is 36.0 Å². The van der Waals surface area contributed by atoms with Gasteiger partial charge in [-0.1, -0.05) is 17.7 Å². The highest BCUT2D eigenvalue weighted by Gasteiger charge is 2.01. The molecular weight excluding hydrogens is 148 g/mol. The van der Waals surface area contributed by atoms with Crippen LogP contribution >= 0.6 is 0 Å². The highest BCUT2D eigenvalue weighted by Crippen LogP contribution is 2.09. The molecule has 0 aliphatic carbocycles. The van der Waals surface area contributed by atoms with Gasteiger partial charge in [-0.05, 0) is 26.0 Å². The maximum atomic E-state index is 5.86. The van der Waals surface area contributed by atoms with Gasteiger partial charge in [-0.15, -0.1) is 0 Å². The van der Waals surface area contributed by atoms with Crippen molar-refractivity contribution in [2.45, 2.75) is 19.9 Å². The van der Waals surface area contributed by atoms with Gasteiger partial charge in [0.15, 0.2) is 0 Å². The van der Waals surface area contributed by atoms with Gasteiger partial charge in [0.25, 0.3) is 0 Å². The second-order valence-electron chi connectivity index (χ2n) is 3.02. The van der Waals surface area contributed by atoms with Crippen molar-refractivity contribution in [2.75, 3.05) is 0 Å². The smallest absolute Gasteiger partial charge is 0.0658 e. The maximum Gasteiger partial charge on any atom is 0.0658 e. The van der Waals surface area contributed by atoms with Crippen molar-refractivity contribution in [1.29, 1.82) is 0 Å². The Bertz CT molecular complexity index is 260. The number of hydrogen-bond donors (Lipinski definition) is 1. The fourth-order valence-electron chi connectivity index (χ4n) is 1.02. The van der Waals surface area contributed by atoms with Crippen LogP contribution in [0.5, 0.6) is 0 Å². The number of allylic oxidation sites excluding steroid dienone is 1. The Hall–Kier alpha value is -1.15. The van der Waals surface area contributed by atoms with Crippen molar-refractivity contribution >= 4 is 0 Å². The van der Waals surface area contributed by atoms with Crippen molar-refractivity contribution < 1.29 is 0 Å². The Morgan fingerprint density at radius 1 is 1.50 bits per heavy atom. The molecule has 0 aromatic carbocycles. The molecule has 0 spiro atoms. The van der Waals surface area contributed by atoms with Gasteiger partial charge >= 0.3 is 0 Å². The van der Waals surface area contributed by atoms with Gasteiger partial charge in [0.05, 0.1) is 11.7 Å². The number of nitrogens with zero attached hydrogens (tertiary/aromatic N) is 1. The molecule has 1 heterocycles. The van der Waals surface area contributed by atoms with Gasteiger partial charge in [-0.2, -0.15) is 0 Å². The zero-order valence-electron chi connectivity index (χ0n) is 7.49. The normalized spacial score (nSPS) is 12.2. The van der Waals surface area contributed by atoms with Gasteiger partial charge < -0.3 is 5.73 Å². The lowest BCUT2D eigenvalue weighted by Gasteiger charge is -2.05. The summed E-state index contributed by atoms with van der Waals surface area (Å²) in [4.78, 5) is 4.16. The lowest BCUT2D eigenvalue weighted by Crippen LogP contribution is -2.08. The maximum absolute atomic E-state index is 5.86. The summed E-state index contributed by atoms with van der Waals surface area (Å²) in [5, 5.41) is 0. The summed E-state index contributed by atoms with van der Waals surface area (Å²) in [5.74, 6) is 0. The van der Waals surface area contributed by atoms with Crippen LogP contribution < -0.4 is 5.73 Å². The number of hydrogen-bond acceptors (Lipinski definition) is 2. The van der Waals surface area contributed by atoms with E-state index in [2.05, 4.69) is 4.98 Å². The lowest BCUT2D eigenvalue weighted by molar-refractivity contribution is 0.853. The van der Waals surface area contributed by atoms with E-state index in [1.165, 1.54) is 5.57 Å². The van der Waals surface area contributed by atoms with Crippen LogP contribution in [0.3, 0.4) is 0 Å². The fourth-order valence-corrected chi connectivity index (χ4v) is 1.02. The average molecular weight is 162 g/mol. The summed E-state index contributed by atoms with van der Waals surface area (Å²) in [5.41, 5.74) is 7.99. The Morgan fingerprint density at radius 3 is 2.75 bits per heavy atom. The second-order valence-corrected chi connectivity index (χ2v) is 3.02. The minimum Gasteiger partial charge on any atom is -0.319 e. The predicted octanol–water partition coefficient (Wildman–Crippen LogP) is 2.05. The van der Waals surface area contributed by atoms with Gasteiger partial charge in [0.2, 0.25) is 0 Å². The van der Waals surface area contributed by atoms with E-state index in [0.29, 0.717) is 0 Å². The van der Waals surface area contributed by atoms with Crippen molar-refractivity contribution in [3.63, 3.8) is 0 Å². The molecule has 0 radical (unpaired) electrons. The molecule has 2 nitrogen and oxygen atoms in total. The third kappa shape index (κ3) is 2.47. The summed E-state index contributed by atoms with van der Waals surface area (Å²) in [6, 6.07) is 5.69.